The van der Waals surface area contributed by atoms with Crippen molar-refractivity contribution in [3.05, 3.63) is 29.8 Å². The van der Waals surface area contributed by atoms with Gasteiger partial charge in [0.1, 0.15) is 19.3 Å². The Morgan fingerprint density at radius 1 is 0.714 bits per heavy atom. The van der Waals surface area contributed by atoms with Crippen molar-refractivity contribution in [2.45, 2.75) is 179 Å². The number of aromatic hydroxyl groups is 1. The molecule has 0 spiro atoms. The molecule has 0 saturated carbocycles. The number of carbonyl (C=O) groups excluding carboxylic acids is 2. The van der Waals surface area contributed by atoms with Crippen LogP contribution in [0.3, 0.4) is 0 Å². The molecule has 1 fully saturated rings. The Hall–Kier alpha value is -2.54. The molecule has 1 aliphatic rings. The third-order valence-corrected chi connectivity index (χ3v) is 9.59. The van der Waals surface area contributed by atoms with Crippen molar-refractivity contribution in [3.8, 4) is 11.5 Å². The third kappa shape index (κ3) is 24.3. The fourth-order valence-electron chi connectivity index (χ4n) is 6.45. The summed E-state index contributed by atoms with van der Waals surface area (Å²) in [5, 5.41) is 9.79. The van der Waals surface area contributed by atoms with Crippen LogP contribution in [0.4, 0.5) is 0 Å². The number of methoxy groups -OCH3 is 1. The lowest BCUT2D eigenvalue weighted by Gasteiger charge is -2.18. The highest BCUT2D eigenvalue weighted by molar-refractivity contribution is 5.87. The zero-order valence-corrected chi connectivity index (χ0v) is 31.1. The van der Waals surface area contributed by atoms with Crippen LogP contribution >= 0.6 is 0 Å². The van der Waals surface area contributed by atoms with Gasteiger partial charge in [-0.2, -0.15) is 0 Å². The van der Waals surface area contributed by atoms with E-state index < -0.39 is 12.1 Å². The van der Waals surface area contributed by atoms with Gasteiger partial charge in [0, 0.05) is 19.1 Å². The number of benzene rings is 1. The summed E-state index contributed by atoms with van der Waals surface area (Å²) in [6.07, 6.45) is 36.5. The number of hydrogen-bond donors (Lipinski definition) is 1. The van der Waals surface area contributed by atoms with Crippen LogP contribution < -0.4 is 4.74 Å². The van der Waals surface area contributed by atoms with Crippen LogP contribution in [0.15, 0.2) is 24.3 Å². The van der Waals surface area contributed by atoms with Gasteiger partial charge in [-0.25, -0.2) is 4.79 Å². The van der Waals surface area contributed by atoms with Crippen LogP contribution in [0.5, 0.6) is 11.5 Å². The van der Waals surface area contributed by atoms with Crippen molar-refractivity contribution < 1.29 is 33.6 Å². The second-order valence-electron chi connectivity index (χ2n) is 14.0. The molecule has 7 heteroatoms. The summed E-state index contributed by atoms with van der Waals surface area (Å²) >= 11 is 0. The van der Waals surface area contributed by atoms with E-state index in [0.29, 0.717) is 24.3 Å². The summed E-state index contributed by atoms with van der Waals surface area (Å²) in [6, 6.07) is 4.83. The Labute approximate surface area is 298 Å². The number of phenols is 1. The molecule has 0 bridgehead atoms. The largest absolute Gasteiger partial charge is 0.504 e. The maximum atomic E-state index is 12.5. The van der Waals surface area contributed by atoms with Gasteiger partial charge in [0.25, 0.3) is 0 Å². The molecule has 1 aromatic rings. The van der Waals surface area contributed by atoms with Crippen LogP contribution in [0.25, 0.3) is 6.08 Å². The number of phenolic OH excluding ortho intramolecular Hbond substituents is 1. The first kappa shape index (κ1) is 42.6. The van der Waals surface area contributed by atoms with Crippen LogP contribution in [0, 0.1) is 0 Å². The Balaban J connectivity index is 1.75. The van der Waals surface area contributed by atoms with Gasteiger partial charge >= 0.3 is 11.9 Å². The highest BCUT2D eigenvalue weighted by Crippen LogP contribution is 2.26. The fraction of sp³-hybridized carbons (Fsp3) is 0.762. The van der Waals surface area contributed by atoms with E-state index in [1.165, 1.54) is 161 Å². The molecule has 1 atom stereocenters. The smallest absolute Gasteiger partial charge is 0.330 e. The second-order valence-corrected chi connectivity index (χ2v) is 14.0. The maximum Gasteiger partial charge on any atom is 0.330 e. The van der Waals surface area contributed by atoms with Gasteiger partial charge in [-0.3, -0.25) is 4.79 Å². The van der Waals surface area contributed by atoms with Crippen molar-refractivity contribution in [1.29, 1.82) is 0 Å². The molecule has 1 heterocycles. The van der Waals surface area contributed by atoms with E-state index in [-0.39, 0.29) is 24.9 Å². The first-order valence-corrected chi connectivity index (χ1v) is 20.1. The molecule has 0 aromatic heterocycles. The third-order valence-electron chi connectivity index (χ3n) is 9.59. The van der Waals surface area contributed by atoms with Crippen LogP contribution in [-0.2, 0) is 23.8 Å². The van der Waals surface area contributed by atoms with Crippen molar-refractivity contribution in [1.82, 2.24) is 0 Å². The van der Waals surface area contributed by atoms with E-state index >= 15 is 0 Å². The molecule has 1 saturated heterocycles. The number of hydrogen-bond acceptors (Lipinski definition) is 7. The molecule has 280 valence electrons. The minimum atomic E-state index is -0.517. The minimum Gasteiger partial charge on any atom is -0.504 e. The quantitative estimate of drug-likeness (QED) is 0.243. The zero-order valence-electron chi connectivity index (χ0n) is 31.1. The van der Waals surface area contributed by atoms with E-state index in [0.717, 1.165) is 25.7 Å². The van der Waals surface area contributed by atoms with E-state index in [4.69, 9.17) is 18.9 Å². The van der Waals surface area contributed by atoms with Gasteiger partial charge in [0.15, 0.2) is 11.5 Å². The number of carbonyl (C=O) groups is 2. The average molecular weight is 687 g/mol. The maximum absolute atomic E-state index is 12.5. The molecule has 1 aliphatic heterocycles. The van der Waals surface area contributed by atoms with Crippen molar-refractivity contribution in [3.63, 3.8) is 0 Å². The summed E-state index contributed by atoms with van der Waals surface area (Å²) in [5.41, 5.74) is 0.695. The molecule has 1 unspecified atom stereocenters. The highest BCUT2D eigenvalue weighted by atomic mass is 16.6. The Morgan fingerprint density at radius 3 is 1.63 bits per heavy atom. The highest BCUT2D eigenvalue weighted by Gasteiger charge is 2.15. The predicted molar refractivity (Wildman–Crippen MR) is 200 cm³/mol. The predicted octanol–water partition coefficient (Wildman–Crippen LogP) is 11.4. The molecule has 1 aromatic carbocycles. The molecular weight excluding hydrogens is 616 g/mol. The Kier molecular flexibility index (Phi) is 26.4. The van der Waals surface area contributed by atoms with Gasteiger partial charge in [-0.15, -0.1) is 0 Å². The standard InChI is InChI=1S/C42H70O7/c1-46-40-34-37(29-31-39(40)43)30-32-42(45)49-36-38-35-48-41(44)28-26-24-22-20-18-16-14-12-10-8-6-4-2-3-5-7-9-11-13-15-17-19-21-23-25-27-33-47-38/h29-32,34,38,43H,2-28,33,35-36H2,1H3/b32-30+. The van der Waals surface area contributed by atoms with E-state index in [9.17, 15) is 14.7 Å². The van der Waals surface area contributed by atoms with E-state index in [1.807, 2.05) is 0 Å². The fourth-order valence-corrected chi connectivity index (χ4v) is 6.45. The summed E-state index contributed by atoms with van der Waals surface area (Å²) in [6.45, 7) is 0.628. The Bertz CT molecular complexity index is 991. The molecule has 0 aliphatic carbocycles. The molecule has 7 nitrogen and oxygen atoms in total. The minimum absolute atomic E-state index is 0.00928. The lowest BCUT2D eigenvalue weighted by Crippen LogP contribution is -2.28. The number of cyclic esters (lactones) is 1. The summed E-state index contributed by atoms with van der Waals surface area (Å²) < 4.78 is 22.2. The summed E-state index contributed by atoms with van der Waals surface area (Å²) in [4.78, 5) is 24.9. The molecule has 49 heavy (non-hydrogen) atoms. The van der Waals surface area contributed by atoms with E-state index in [1.54, 1.807) is 18.2 Å². The summed E-state index contributed by atoms with van der Waals surface area (Å²) in [5.74, 6) is -0.376. The monoisotopic (exact) mass is 687 g/mol. The number of ether oxygens (including phenoxy) is 4. The molecule has 1 N–H and O–H groups in total. The first-order chi connectivity index (χ1) is 24.1. The molecule has 0 radical (unpaired) electrons. The zero-order chi connectivity index (χ0) is 35.0. The van der Waals surface area contributed by atoms with Gasteiger partial charge in [-0.1, -0.05) is 160 Å². The SMILES string of the molecule is COc1cc(/C=C/C(=O)OCC2COC(=O)CCCCCCCCCCCCCCCCCCCCCCCCCCCCO2)ccc1O. The lowest BCUT2D eigenvalue weighted by molar-refractivity contribution is -0.153. The van der Waals surface area contributed by atoms with Crippen molar-refractivity contribution in [2.75, 3.05) is 26.9 Å². The van der Waals surface area contributed by atoms with Gasteiger partial charge in [0.05, 0.1) is 7.11 Å². The van der Waals surface area contributed by atoms with Gasteiger partial charge < -0.3 is 24.1 Å². The normalized spacial score (nSPS) is 21.3. The average Bonchev–Trinajstić information content (AvgIpc) is 3.10. The molecule has 0 amide bonds. The van der Waals surface area contributed by atoms with Crippen LogP contribution in [0.1, 0.15) is 179 Å². The molecule has 2 rings (SSSR count). The Morgan fingerprint density at radius 2 is 1.16 bits per heavy atom. The first-order valence-electron chi connectivity index (χ1n) is 20.1. The number of rotatable bonds is 5. The van der Waals surface area contributed by atoms with E-state index in [2.05, 4.69) is 0 Å². The lowest BCUT2D eigenvalue weighted by atomic mass is 10.0. The van der Waals surface area contributed by atoms with Crippen LogP contribution in [0.2, 0.25) is 0 Å². The summed E-state index contributed by atoms with van der Waals surface area (Å²) in [7, 11) is 1.47. The van der Waals surface area contributed by atoms with Crippen molar-refractivity contribution in [2.24, 2.45) is 0 Å². The van der Waals surface area contributed by atoms with Crippen LogP contribution in [-0.4, -0.2) is 50.1 Å². The number of esters is 2. The van der Waals surface area contributed by atoms with Gasteiger partial charge in [-0.05, 0) is 36.6 Å². The van der Waals surface area contributed by atoms with Crippen molar-refractivity contribution >= 4 is 18.0 Å². The topological polar surface area (TPSA) is 91.3 Å². The van der Waals surface area contributed by atoms with Gasteiger partial charge in [0.2, 0.25) is 0 Å². The molecular formula is C42H70O7. The second kappa shape index (κ2) is 30.3.